The Kier molecular flexibility index (Phi) is 10.8. The molecule has 138 valence electrons. The van der Waals surface area contributed by atoms with Gasteiger partial charge in [-0.2, -0.15) is 0 Å². The van der Waals surface area contributed by atoms with Crippen molar-refractivity contribution in [3.8, 4) is 0 Å². The highest BCUT2D eigenvalue weighted by Crippen LogP contribution is 2.17. The van der Waals surface area contributed by atoms with Gasteiger partial charge < -0.3 is 15.7 Å². The third kappa shape index (κ3) is 8.20. The summed E-state index contributed by atoms with van der Waals surface area (Å²) in [6, 6.07) is 14.3. The number of aliphatic hydroxyl groups is 1. The Hall–Kier alpha value is -1.12. The lowest BCUT2D eigenvalue weighted by molar-refractivity contribution is 0.177. The highest BCUT2D eigenvalue weighted by Gasteiger charge is 2.07. The summed E-state index contributed by atoms with van der Waals surface area (Å²) in [5.41, 5.74) is 1.14. The lowest BCUT2D eigenvalue weighted by atomic mass is 10.1. The molecule has 0 saturated heterocycles. The van der Waals surface area contributed by atoms with E-state index < -0.39 is 6.10 Å². The van der Waals surface area contributed by atoms with Crippen LogP contribution in [0, 0.1) is 0 Å². The lowest BCUT2D eigenvalue weighted by Crippen LogP contribution is -2.41. The average molecular weight is 473 g/mol. The minimum atomic E-state index is -0.440. The molecular formula is C19H28IN3OS. The van der Waals surface area contributed by atoms with Crippen LogP contribution in [0.1, 0.15) is 29.2 Å². The maximum absolute atomic E-state index is 10.2. The van der Waals surface area contributed by atoms with E-state index in [2.05, 4.69) is 34.7 Å². The van der Waals surface area contributed by atoms with E-state index in [-0.39, 0.29) is 24.0 Å². The molecule has 0 fully saturated rings. The van der Waals surface area contributed by atoms with Crippen LogP contribution < -0.4 is 10.6 Å². The van der Waals surface area contributed by atoms with Gasteiger partial charge in [0.1, 0.15) is 0 Å². The number of rotatable bonds is 8. The van der Waals surface area contributed by atoms with Gasteiger partial charge in [-0.25, -0.2) is 4.99 Å². The predicted octanol–water partition coefficient (Wildman–Crippen LogP) is 3.59. The number of aliphatic hydroxyl groups excluding tert-OH is 1. The first-order valence-electron chi connectivity index (χ1n) is 8.53. The topological polar surface area (TPSA) is 56.7 Å². The molecule has 25 heavy (non-hydrogen) atoms. The third-order valence-corrected chi connectivity index (χ3v) is 4.84. The second kappa shape index (κ2) is 12.3. The number of benzene rings is 1. The fraction of sp³-hybridized carbons (Fsp3) is 0.421. The molecule has 1 aromatic carbocycles. The molecule has 1 heterocycles. The van der Waals surface area contributed by atoms with E-state index in [0.717, 1.165) is 24.5 Å². The van der Waals surface area contributed by atoms with E-state index in [9.17, 15) is 5.11 Å². The van der Waals surface area contributed by atoms with Gasteiger partial charge in [0.15, 0.2) is 5.96 Å². The Balaban J connectivity index is 0.00000312. The second-order valence-electron chi connectivity index (χ2n) is 5.64. The van der Waals surface area contributed by atoms with Crippen LogP contribution in [-0.4, -0.2) is 30.3 Å². The number of halogens is 1. The first-order valence-corrected chi connectivity index (χ1v) is 9.34. The maximum atomic E-state index is 10.2. The van der Waals surface area contributed by atoms with Crippen molar-refractivity contribution >= 4 is 41.3 Å². The summed E-state index contributed by atoms with van der Waals surface area (Å²) < 4.78 is 0. The molecule has 0 spiro atoms. The molecule has 0 radical (unpaired) electrons. The van der Waals surface area contributed by atoms with Crippen molar-refractivity contribution in [2.45, 2.75) is 39.3 Å². The minimum Gasteiger partial charge on any atom is -0.391 e. The van der Waals surface area contributed by atoms with Gasteiger partial charge in [0, 0.05) is 29.3 Å². The first-order chi connectivity index (χ1) is 11.7. The van der Waals surface area contributed by atoms with E-state index in [1.165, 1.54) is 9.75 Å². The maximum Gasteiger partial charge on any atom is 0.191 e. The first kappa shape index (κ1) is 21.9. The summed E-state index contributed by atoms with van der Waals surface area (Å²) in [6.07, 6.45) is 1.26. The molecule has 0 bridgehead atoms. The van der Waals surface area contributed by atoms with Gasteiger partial charge in [0.2, 0.25) is 0 Å². The van der Waals surface area contributed by atoms with E-state index in [4.69, 9.17) is 0 Å². The van der Waals surface area contributed by atoms with Gasteiger partial charge in [0.05, 0.1) is 12.6 Å². The summed E-state index contributed by atoms with van der Waals surface area (Å²) >= 11 is 1.81. The van der Waals surface area contributed by atoms with Crippen LogP contribution in [0.2, 0.25) is 0 Å². The standard InChI is InChI=1S/C19H27N3OS.HI/c1-3-17-10-11-18(24-17)14-22-19(20-4-2)21-13-16(23)12-15-8-6-5-7-9-15;/h5-11,16,23H,3-4,12-14H2,1-2H3,(H2,20,21,22);1H. The molecule has 3 N–H and O–H groups in total. The Morgan fingerprint density at radius 3 is 2.44 bits per heavy atom. The van der Waals surface area contributed by atoms with E-state index >= 15 is 0 Å². The third-order valence-electron chi connectivity index (χ3n) is 3.62. The van der Waals surface area contributed by atoms with Crippen LogP contribution in [0.4, 0.5) is 0 Å². The molecule has 4 nitrogen and oxygen atoms in total. The van der Waals surface area contributed by atoms with Gasteiger partial charge in [-0.15, -0.1) is 35.3 Å². The van der Waals surface area contributed by atoms with Crippen LogP contribution in [0.5, 0.6) is 0 Å². The molecular weight excluding hydrogens is 445 g/mol. The van der Waals surface area contributed by atoms with Gasteiger partial charge in [-0.05, 0) is 31.0 Å². The normalized spacial score (nSPS) is 12.4. The summed E-state index contributed by atoms with van der Waals surface area (Å²) in [4.78, 5) is 7.25. The quantitative estimate of drug-likeness (QED) is 0.312. The van der Waals surface area contributed by atoms with Crippen LogP contribution >= 0.6 is 35.3 Å². The fourth-order valence-electron chi connectivity index (χ4n) is 2.37. The number of aliphatic imine (C=N–C) groups is 1. The molecule has 1 atom stereocenters. The molecule has 6 heteroatoms. The van der Waals surface area contributed by atoms with E-state index in [0.29, 0.717) is 19.5 Å². The molecule has 1 aromatic heterocycles. The van der Waals surface area contributed by atoms with Crippen molar-refractivity contribution in [2.75, 3.05) is 13.1 Å². The number of guanidine groups is 1. The second-order valence-corrected chi connectivity index (χ2v) is 6.89. The zero-order valence-electron chi connectivity index (χ0n) is 14.9. The summed E-state index contributed by atoms with van der Waals surface area (Å²) in [7, 11) is 0. The predicted molar refractivity (Wildman–Crippen MR) is 118 cm³/mol. The summed E-state index contributed by atoms with van der Waals surface area (Å²) in [5.74, 6) is 0.746. The van der Waals surface area contributed by atoms with Crippen molar-refractivity contribution in [2.24, 2.45) is 4.99 Å². The average Bonchev–Trinajstić information content (AvgIpc) is 3.06. The van der Waals surface area contributed by atoms with Crippen molar-refractivity contribution < 1.29 is 5.11 Å². The molecule has 0 aliphatic rings. The van der Waals surface area contributed by atoms with Crippen LogP contribution in [0.25, 0.3) is 0 Å². The zero-order valence-corrected chi connectivity index (χ0v) is 18.0. The van der Waals surface area contributed by atoms with E-state index in [1.807, 2.05) is 48.6 Å². The molecule has 0 aliphatic heterocycles. The largest absolute Gasteiger partial charge is 0.391 e. The number of hydrogen-bond acceptors (Lipinski definition) is 3. The van der Waals surface area contributed by atoms with Crippen LogP contribution in [-0.2, 0) is 19.4 Å². The number of hydrogen-bond donors (Lipinski definition) is 3. The Morgan fingerprint density at radius 1 is 1.08 bits per heavy atom. The highest BCUT2D eigenvalue weighted by molar-refractivity contribution is 14.0. The van der Waals surface area contributed by atoms with Gasteiger partial charge in [-0.3, -0.25) is 0 Å². The lowest BCUT2D eigenvalue weighted by Gasteiger charge is -2.15. The molecule has 2 aromatic rings. The summed E-state index contributed by atoms with van der Waals surface area (Å²) in [6.45, 7) is 6.14. The number of nitrogens with zero attached hydrogens (tertiary/aromatic N) is 1. The molecule has 1 unspecified atom stereocenters. The van der Waals surface area contributed by atoms with Crippen molar-refractivity contribution in [3.05, 3.63) is 57.8 Å². The van der Waals surface area contributed by atoms with E-state index in [1.54, 1.807) is 0 Å². The fourth-order valence-corrected chi connectivity index (χ4v) is 3.25. The Morgan fingerprint density at radius 2 is 1.80 bits per heavy atom. The monoisotopic (exact) mass is 473 g/mol. The van der Waals surface area contributed by atoms with Crippen LogP contribution in [0.15, 0.2) is 47.5 Å². The number of nitrogens with one attached hydrogen (secondary N) is 2. The summed E-state index contributed by atoms with van der Waals surface area (Å²) in [5, 5.41) is 16.6. The highest BCUT2D eigenvalue weighted by atomic mass is 127. The van der Waals surface area contributed by atoms with Gasteiger partial charge in [-0.1, -0.05) is 37.3 Å². The van der Waals surface area contributed by atoms with Gasteiger partial charge >= 0.3 is 0 Å². The smallest absolute Gasteiger partial charge is 0.191 e. The van der Waals surface area contributed by atoms with Crippen molar-refractivity contribution in [1.29, 1.82) is 0 Å². The zero-order chi connectivity index (χ0) is 17.2. The SMILES string of the molecule is CCNC(=NCc1ccc(CC)s1)NCC(O)Cc1ccccc1.I. The molecule has 0 amide bonds. The number of thiophene rings is 1. The Labute approximate surface area is 171 Å². The van der Waals surface area contributed by atoms with Crippen molar-refractivity contribution in [1.82, 2.24) is 10.6 Å². The Bertz CT molecular complexity index is 631. The van der Waals surface area contributed by atoms with Crippen LogP contribution in [0.3, 0.4) is 0 Å². The minimum absolute atomic E-state index is 0. The molecule has 0 aliphatic carbocycles. The molecule has 0 saturated carbocycles. The molecule has 2 rings (SSSR count). The number of aryl methyl sites for hydroxylation is 1. The van der Waals surface area contributed by atoms with Gasteiger partial charge in [0.25, 0.3) is 0 Å². The van der Waals surface area contributed by atoms with Crippen molar-refractivity contribution in [3.63, 3.8) is 0 Å².